The zero-order valence-corrected chi connectivity index (χ0v) is 13.3. The Bertz CT molecular complexity index is 940. The fraction of sp³-hybridized carbons (Fsp3) is 0.133. The SMILES string of the molecule is O=C(CCC(=O)c1ccc(Cl)s1)Nc1ccc2oc(=O)[nH]c2c1. The molecule has 3 rings (SSSR count). The lowest BCUT2D eigenvalue weighted by atomic mass is 10.2. The fourth-order valence-electron chi connectivity index (χ4n) is 2.07. The number of hydrogen-bond acceptors (Lipinski definition) is 5. The third-order valence-electron chi connectivity index (χ3n) is 3.13. The molecule has 2 heterocycles. The highest BCUT2D eigenvalue weighted by Gasteiger charge is 2.12. The van der Waals surface area contributed by atoms with Crippen LogP contribution in [0.2, 0.25) is 4.34 Å². The molecule has 0 saturated carbocycles. The van der Waals surface area contributed by atoms with Crippen LogP contribution in [0, 0.1) is 0 Å². The molecule has 0 radical (unpaired) electrons. The molecule has 8 heteroatoms. The minimum absolute atomic E-state index is 0.0638. The molecule has 0 aliphatic heterocycles. The molecule has 0 bridgehead atoms. The van der Waals surface area contributed by atoms with Crippen molar-refractivity contribution in [3.63, 3.8) is 0 Å². The van der Waals surface area contributed by atoms with E-state index in [0.29, 0.717) is 26.0 Å². The molecule has 0 aliphatic rings. The van der Waals surface area contributed by atoms with Gasteiger partial charge in [-0.25, -0.2) is 4.79 Å². The lowest BCUT2D eigenvalue weighted by Gasteiger charge is -2.04. The van der Waals surface area contributed by atoms with E-state index in [0.717, 1.165) is 0 Å². The van der Waals surface area contributed by atoms with Gasteiger partial charge in [0, 0.05) is 18.5 Å². The highest BCUT2D eigenvalue weighted by molar-refractivity contribution is 7.18. The average molecular weight is 351 g/mol. The standard InChI is InChI=1S/C15H11ClN2O4S/c16-13-5-4-12(23-13)10(19)2-6-14(20)17-8-1-3-11-9(7-8)18-15(21)22-11/h1,3-5,7H,2,6H2,(H,17,20)(H,18,21). The number of ketones is 1. The number of carbonyl (C=O) groups is 2. The first-order valence-electron chi connectivity index (χ1n) is 6.72. The number of carbonyl (C=O) groups excluding carboxylic acids is 2. The van der Waals surface area contributed by atoms with Crippen LogP contribution in [-0.2, 0) is 4.79 Å². The Morgan fingerprint density at radius 1 is 1.22 bits per heavy atom. The summed E-state index contributed by atoms with van der Waals surface area (Å²) in [7, 11) is 0. The molecule has 0 saturated heterocycles. The summed E-state index contributed by atoms with van der Waals surface area (Å²) in [6, 6.07) is 8.11. The molecule has 23 heavy (non-hydrogen) atoms. The van der Waals surface area contributed by atoms with Gasteiger partial charge in [0.2, 0.25) is 5.91 Å². The van der Waals surface area contributed by atoms with Gasteiger partial charge in [0.25, 0.3) is 0 Å². The molecular formula is C15H11ClN2O4S. The molecule has 0 aliphatic carbocycles. The van der Waals surface area contributed by atoms with Crippen molar-refractivity contribution in [3.8, 4) is 0 Å². The Balaban J connectivity index is 1.59. The first-order valence-corrected chi connectivity index (χ1v) is 7.92. The van der Waals surface area contributed by atoms with Gasteiger partial charge >= 0.3 is 5.76 Å². The van der Waals surface area contributed by atoms with Crippen LogP contribution in [0.5, 0.6) is 0 Å². The minimum atomic E-state index is -0.552. The number of oxazole rings is 1. The van der Waals surface area contributed by atoms with Gasteiger partial charge in [-0.3, -0.25) is 14.6 Å². The Kier molecular flexibility index (Phi) is 4.31. The van der Waals surface area contributed by atoms with Crippen molar-refractivity contribution >= 4 is 51.4 Å². The molecule has 1 amide bonds. The maximum absolute atomic E-state index is 11.9. The zero-order chi connectivity index (χ0) is 16.4. The van der Waals surface area contributed by atoms with Crippen LogP contribution in [0.3, 0.4) is 0 Å². The zero-order valence-electron chi connectivity index (χ0n) is 11.7. The summed E-state index contributed by atoms with van der Waals surface area (Å²) in [5.74, 6) is -0.957. The van der Waals surface area contributed by atoms with Crippen LogP contribution in [0.15, 0.2) is 39.5 Å². The molecule has 0 atom stereocenters. The number of benzene rings is 1. The summed E-state index contributed by atoms with van der Waals surface area (Å²) >= 11 is 6.97. The largest absolute Gasteiger partial charge is 0.417 e. The Morgan fingerprint density at radius 3 is 2.78 bits per heavy atom. The smallest absolute Gasteiger partial charge is 0.408 e. The third kappa shape index (κ3) is 3.69. The van der Waals surface area contributed by atoms with Gasteiger partial charge in [-0.1, -0.05) is 11.6 Å². The van der Waals surface area contributed by atoms with E-state index in [1.54, 1.807) is 30.3 Å². The van der Waals surface area contributed by atoms with E-state index >= 15 is 0 Å². The minimum Gasteiger partial charge on any atom is -0.408 e. The monoisotopic (exact) mass is 350 g/mol. The predicted molar refractivity (Wildman–Crippen MR) is 88.4 cm³/mol. The number of aromatic amines is 1. The lowest BCUT2D eigenvalue weighted by Crippen LogP contribution is -2.13. The Labute approximate surface area is 139 Å². The maximum Gasteiger partial charge on any atom is 0.417 e. The normalized spacial score (nSPS) is 10.8. The highest BCUT2D eigenvalue weighted by atomic mass is 35.5. The second-order valence-electron chi connectivity index (χ2n) is 4.80. The number of fused-ring (bicyclic) bond motifs is 1. The Morgan fingerprint density at radius 2 is 2.04 bits per heavy atom. The van der Waals surface area contributed by atoms with E-state index in [2.05, 4.69) is 10.3 Å². The van der Waals surface area contributed by atoms with Crippen LogP contribution >= 0.6 is 22.9 Å². The molecular weight excluding hydrogens is 340 g/mol. The van der Waals surface area contributed by atoms with Crippen LogP contribution < -0.4 is 11.1 Å². The first kappa shape index (κ1) is 15.5. The summed E-state index contributed by atoms with van der Waals surface area (Å²) in [4.78, 5) is 38.0. The maximum atomic E-state index is 11.9. The third-order valence-corrected chi connectivity index (χ3v) is 4.40. The van der Waals surface area contributed by atoms with Crippen molar-refractivity contribution < 1.29 is 14.0 Å². The van der Waals surface area contributed by atoms with E-state index in [-0.39, 0.29) is 24.5 Å². The van der Waals surface area contributed by atoms with Gasteiger partial charge in [0.15, 0.2) is 11.4 Å². The van der Waals surface area contributed by atoms with Crippen molar-refractivity contribution in [2.75, 3.05) is 5.32 Å². The predicted octanol–water partition coefficient (Wildman–Crippen LogP) is 3.44. The fourth-order valence-corrected chi connectivity index (χ4v) is 3.08. The van der Waals surface area contributed by atoms with E-state index in [1.165, 1.54) is 11.3 Å². The van der Waals surface area contributed by atoms with E-state index in [9.17, 15) is 14.4 Å². The summed E-state index contributed by atoms with van der Waals surface area (Å²) in [5, 5.41) is 2.68. The Hall–Kier alpha value is -2.38. The average Bonchev–Trinajstić information content (AvgIpc) is 3.09. The number of hydrogen-bond donors (Lipinski definition) is 2. The number of amides is 1. The van der Waals surface area contributed by atoms with Gasteiger partial charge in [0.1, 0.15) is 0 Å². The number of aromatic nitrogens is 1. The molecule has 3 aromatic rings. The number of Topliss-reactive ketones (excluding diaryl/α,β-unsaturated/α-hetero) is 1. The number of thiophene rings is 1. The summed E-state index contributed by atoms with van der Waals surface area (Å²) in [6.45, 7) is 0. The molecule has 1 aromatic carbocycles. The molecule has 0 fully saturated rings. The number of nitrogens with one attached hydrogen (secondary N) is 2. The van der Waals surface area contributed by atoms with Crippen LogP contribution in [0.4, 0.5) is 5.69 Å². The molecule has 2 N–H and O–H groups in total. The van der Waals surface area contributed by atoms with E-state index in [4.69, 9.17) is 16.0 Å². The summed E-state index contributed by atoms with van der Waals surface area (Å²) < 4.78 is 5.42. The molecule has 118 valence electrons. The number of halogens is 1. The first-order chi connectivity index (χ1) is 11.0. The van der Waals surface area contributed by atoms with Crippen molar-refractivity contribution in [2.24, 2.45) is 0 Å². The van der Waals surface area contributed by atoms with E-state index in [1.807, 2.05) is 0 Å². The molecule has 0 unspecified atom stereocenters. The van der Waals surface area contributed by atoms with Crippen LogP contribution in [0.1, 0.15) is 22.5 Å². The second-order valence-corrected chi connectivity index (χ2v) is 6.52. The van der Waals surface area contributed by atoms with Gasteiger partial charge in [-0.2, -0.15) is 0 Å². The second kappa shape index (κ2) is 6.39. The summed E-state index contributed by atoms with van der Waals surface area (Å²) in [5.41, 5.74) is 1.43. The molecule has 6 nitrogen and oxygen atoms in total. The lowest BCUT2D eigenvalue weighted by molar-refractivity contribution is -0.116. The number of H-pyrrole nitrogens is 1. The molecule has 0 spiro atoms. The van der Waals surface area contributed by atoms with Crippen LogP contribution in [0.25, 0.3) is 11.1 Å². The quantitative estimate of drug-likeness (QED) is 0.689. The van der Waals surface area contributed by atoms with Crippen molar-refractivity contribution in [1.82, 2.24) is 4.98 Å². The van der Waals surface area contributed by atoms with Gasteiger partial charge < -0.3 is 9.73 Å². The number of anilines is 1. The highest BCUT2D eigenvalue weighted by Crippen LogP contribution is 2.23. The van der Waals surface area contributed by atoms with Crippen LogP contribution in [-0.4, -0.2) is 16.7 Å². The van der Waals surface area contributed by atoms with Crippen molar-refractivity contribution in [3.05, 3.63) is 50.1 Å². The van der Waals surface area contributed by atoms with Gasteiger partial charge in [-0.15, -0.1) is 11.3 Å². The van der Waals surface area contributed by atoms with Crippen molar-refractivity contribution in [1.29, 1.82) is 0 Å². The topological polar surface area (TPSA) is 92.2 Å². The van der Waals surface area contributed by atoms with E-state index < -0.39 is 5.76 Å². The number of rotatable bonds is 5. The summed E-state index contributed by atoms with van der Waals surface area (Å²) in [6.07, 6.45) is 0.168. The van der Waals surface area contributed by atoms with Crippen molar-refractivity contribution in [2.45, 2.75) is 12.8 Å². The molecule has 2 aromatic heterocycles. The van der Waals surface area contributed by atoms with Gasteiger partial charge in [-0.05, 0) is 30.3 Å². The van der Waals surface area contributed by atoms with Gasteiger partial charge in [0.05, 0.1) is 14.7 Å².